The molecule has 1 atom stereocenters. The fraction of sp³-hybridized carbons (Fsp3) is 0.364. The van der Waals surface area contributed by atoms with Gasteiger partial charge >= 0.3 is 0 Å². The van der Waals surface area contributed by atoms with Gasteiger partial charge in [-0.15, -0.1) is 0 Å². The van der Waals surface area contributed by atoms with E-state index in [1.165, 1.54) is 0 Å². The summed E-state index contributed by atoms with van der Waals surface area (Å²) in [7, 11) is 0. The van der Waals surface area contributed by atoms with Crippen molar-refractivity contribution in [2.24, 2.45) is 0 Å². The maximum absolute atomic E-state index is 12.8. The Morgan fingerprint density at radius 3 is 2.29 bits per heavy atom. The number of morpholine rings is 1. The number of rotatable bonds is 8. The van der Waals surface area contributed by atoms with Gasteiger partial charge in [-0.1, -0.05) is 48.5 Å². The molecular weight excluding hydrogens is 354 g/mol. The maximum atomic E-state index is 12.8. The third-order valence-electron chi connectivity index (χ3n) is 4.76. The molecule has 1 fully saturated rings. The molecule has 2 aromatic rings. The van der Waals surface area contributed by atoms with E-state index in [4.69, 9.17) is 4.74 Å². The van der Waals surface area contributed by atoms with Crippen LogP contribution in [0, 0.1) is 0 Å². The van der Waals surface area contributed by atoms with Gasteiger partial charge in [-0.05, 0) is 30.7 Å². The number of hydrogen-bond donors (Lipinski definition) is 2. The van der Waals surface area contributed by atoms with Crippen LogP contribution in [0.25, 0.3) is 0 Å². The summed E-state index contributed by atoms with van der Waals surface area (Å²) in [5.74, 6) is -0.463. The summed E-state index contributed by atoms with van der Waals surface area (Å²) in [5.41, 5.74) is 1.29. The van der Waals surface area contributed by atoms with Crippen molar-refractivity contribution in [3.05, 3.63) is 71.8 Å². The summed E-state index contributed by atoms with van der Waals surface area (Å²) in [6.45, 7) is 4.92. The first-order chi connectivity index (χ1) is 13.7. The van der Waals surface area contributed by atoms with Crippen molar-refractivity contribution in [2.45, 2.75) is 12.5 Å². The maximum Gasteiger partial charge on any atom is 0.252 e. The highest BCUT2D eigenvalue weighted by molar-refractivity contribution is 5.97. The van der Waals surface area contributed by atoms with Gasteiger partial charge in [-0.3, -0.25) is 14.5 Å². The first kappa shape index (κ1) is 20.0. The van der Waals surface area contributed by atoms with E-state index in [1.54, 1.807) is 24.3 Å². The third kappa shape index (κ3) is 5.90. The zero-order valence-electron chi connectivity index (χ0n) is 16.0. The van der Waals surface area contributed by atoms with Gasteiger partial charge in [0.25, 0.3) is 5.91 Å². The Balaban J connectivity index is 1.57. The smallest absolute Gasteiger partial charge is 0.252 e. The molecule has 2 amide bonds. The molecule has 1 heterocycles. The standard InChI is InChI=1S/C22H27N3O3/c26-21(19-10-5-2-6-11-19)24-20(18-8-3-1-4-9-18)22(27)23-12-7-13-25-14-16-28-17-15-25/h1-6,8-11,20H,7,12-17H2,(H,23,27)(H,24,26). The molecule has 0 bridgehead atoms. The van der Waals surface area contributed by atoms with Crippen molar-refractivity contribution < 1.29 is 14.3 Å². The van der Waals surface area contributed by atoms with Crippen LogP contribution in [0.4, 0.5) is 0 Å². The lowest BCUT2D eigenvalue weighted by atomic mass is 10.1. The Hall–Kier alpha value is -2.70. The zero-order chi connectivity index (χ0) is 19.6. The van der Waals surface area contributed by atoms with E-state index in [0.29, 0.717) is 12.1 Å². The second-order valence-corrected chi connectivity index (χ2v) is 6.78. The SMILES string of the molecule is O=C(NC(C(=O)NCCCN1CCOCC1)c1ccccc1)c1ccccc1. The molecule has 28 heavy (non-hydrogen) atoms. The van der Waals surface area contributed by atoms with Crippen LogP contribution >= 0.6 is 0 Å². The molecule has 1 unspecified atom stereocenters. The van der Waals surface area contributed by atoms with E-state index >= 15 is 0 Å². The average molecular weight is 381 g/mol. The summed E-state index contributed by atoms with van der Waals surface area (Å²) >= 11 is 0. The molecule has 0 spiro atoms. The molecule has 0 aromatic heterocycles. The van der Waals surface area contributed by atoms with Crippen molar-refractivity contribution in [3.8, 4) is 0 Å². The fourth-order valence-electron chi connectivity index (χ4n) is 3.19. The molecule has 1 aliphatic heterocycles. The number of benzene rings is 2. The van der Waals surface area contributed by atoms with Gasteiger partial charge in [0.05, 0.1) is 13.2 Å². The molecule has 6 heteroatoms. The van der Waals surface area contributed by atoms with Crippen LogP contribution in [0.3, 0.4) is 0 Å². The van der Waals surface area contributed by atoms with Crippen LogP contribution in [0.15, 0.2) is 60.7 Å². The van der Waals surface area contributed by atoms with E-state index in [1.807, 2.05) is 36.4 Å². The quantitative estimate of drug-likeness (QED) is 0.686. The third-order valence-corrected chi connectivity index (χ3v) is 4.76. The molecule has 0 saturated carbocycles. The minimum atomic E-state index is -0.725. The van der Waals surface area contributed by atoms with Crippen molar-refractivity contribution in [1.82, 2.24) is 15.5 Å². The van der Waals surface area contributed by atoms with E-state index in [-0.39, 0.29) is 11.8 Å². The number of amides is 2. The van der Waals surface area contributed by atoms with Gasteiger partial charge in [0.15, 0.2) is 0 Å². The fourth-order valence-corrected chi connectivity index (χ4v) is 3.19. The Morgan fingerprint density at radius 2 is 1.61 bits per heavy atom. The van der Waals surface area contributed by atoms with Crippen LogP contribution in [0.5, 0.6) is 0 Å². The summed E-state index contributed by atoms with van der Waals surface area (Å²) in [6.07, 6.45) is 0.861. The van der Waals surface area contributed by atoms with Crippen LogP contribution in [0.1, 0.15) is 28.4 Å². The van der Waals surface area contributed by atoms with Crippen LogP contribution in [-0.2, 0) is 9.53 Å². The summed E-state index contributed by atoms with van der Waals surface area (Å²) in [6, 6.07) is 17.5. The second-order valence-electron chi connectivity index (χ2n) is 6.78. The van der Waals surface area contributed by atoms with Gasteiger partial charge < -0.3 is 15.4 Å². The van der Waals surface area contributed by atoms with Gasteiger partial charge in [-0.2, -0.15) is 0 Å². The molecule has 1 saturated heterocycles. The predicted octanol–water partition coefficient (Wildman–Crippen LogP) is 2.00. The highest BCUT2D eigenvalue weighted by Gasteiger charge is 2.23. The monoisotopic (exact) mass is 381 g/mol. The van der Waals surface area contributed by atoms with E-state index in [9.17, 15) is 9.59 Å². The molecule has 2 aromatic carbocycles. The summed E-state index contributed by atoms with van der Waals surface area (Å²) < 4.78 is 5.35. The van der Waals surface area contributed by atoms with Crippen molar-refractivity contribution >= 4 is 11.8 Å². The van der Waals surface area contributed by atoms with Crippen LogP contribution < -0.4 is 10.6 Å². The molecule has 6 nitrogen and oxygen atoms in total. The molecule has 2 N–H and O–H groups in total. The van der Waals surface area contributed by atoms with Crippen LogP contribution in [-0.4, -0.2) is 56.1 Å². The Kier molecular flexibility index (Phi) is 7.58. The number of nitrogens with one attached hydrogen (secondary N) is 2. The van der Waals surface area contributed by atoms with Gasteiger partial charge in [0.1, 0.15) is 6.04 Å². The lowest BCUT2D eigenvalue weighted by Gasteiger charge is -2.26. The van der Waals surface area contributed by atoms with Gasteiger partial charge in [0, 0.05) is 25.2 Å². The number of carbonyl (C=O) groups excluding carboxylic acids is 2. The van der Waals surface area contributed by atoms with E-state index in [0.717, 1.165) is 44.8 Å². The van der Waals surface area contributed by atoms with E-state index < -0.39 is 6.04 Å². The van der Waals surface area contributed by atoms with Gasteiger partial charge in [-0.25, -0.2) is 0 Å². The highest BCUT2D eigenvalue weighted by Crippen LogP contribution is 2.14. The number of nitrogens with zero attached hydrogens (tertiary/aromatic N) is 1. The van der Waals surface area contributed by atoms with Crippen molar-refractivity contribution in [1.29, 1.82) is 0 Å². The number of hydrogen-bond acceptors (Lipinski definition) is 4. The number of ether oxygens (including phenoxy) is 1. The topological polar surface area (TPSA) is 70.7 Å². The Morgan fingerprint density at radius 1 is 0.964 bits per heavy atom. The summed E-state index contributed by atoms with van der Waals surface area (Å²) in [5, 5.41) is 5.83. The summed E-state index contributed by atoms with van der Waals surface area (Å²) in [4.78, 5) is 27.7. The molecule has 3 rings (SSSR count). The first-order valence-electron chi connectivity index (χ1n) is 9.73. The van der Waals surface area contributed by atoms with Crippen molar-refractivity contribution in [3.63, 3.8) is 0 Å². The Labute approximate surface area is 165 Å². The average Bonchev–Trinajstić information content (AvgIpc) is 2.76. The lowest BCUT2D eigenvalue weighted by molar-refractivity contribution is -0.123. The molecular formula is C22H27N3O3. The minimum absolute atomic E-state index is 0.197. The molecule has 0 aliphatic carbocycles. The molecule has 148 valence electrons. The zero-order valence-corrected chi connectivity index (χ0v) is 16.0. The Bertz CT molecular complexity index is 746. The van der Waals surface area contributed by atoms with Crippen molar-refractivity contribution in [2.75, 3.05) is 39.4 Å². The van der Waals surface area contributed by atoms with Crippen LogP contribution in [0.2, 0.25) is 0 Å². The predicted molar refractivity (Wildman–Crippen MR) is 108 cm³/mol. The number of carbonyl (C=O) groups is 2. The molecule has 0 radical (unpaired) electrons. The minimum Gasteiger partial charge on any atom is -0.379 e. The second kappa shape index (κ2) is 10.6. The lowest BCUT2D eigenvalue weighted by Crippen LogP contribution is -2.42. The molecule has 1 aliphatic rings. The normalized spacial score (nSPS) is 15.6. The van der Waals surface area contributed by atoms with Gasteiger partial charge in [0.2, 0.25) is 5.91 Å². The first-order valence-corrected chi connectivity index (χ1v) is 9.73. The van der Waals surface area contributed by atoms with E-state index in [2.05, 4.69) is 15.5 Å². The largest absolute Gasteiger partial charge is 0.379 e. The highest BCUT2D eigenvalue weighted by atomic mass is 16.5.